The molecule has 0 amide bonds. The van der Waals surface area contributed by atoms with Gasteiger partial charge in [-0.3, -0.25) is 4.79 Å². The fraction of sp³-hybridized carbons (Fsp3) is 0.222. The molecule has 0 saturated heterocycles. The van der Waals surface area contributed by atoms with E-state index in [2.05, 4.69) is 10.3 Å². The van der Waals surface area contributed by atoms with Gasteiger partial charge in [-0.2, -0.15) is 0 Å². The number of fused-ring (bicyclic) bond motifs is 1. The number of hydrogen-bond acceptors (Lipinski definition) is 3. The van der Waals surface area contributed by atoms with Crippen LogP contribution in [0, 0.1) is 0 Å². The molecule has 0 radical (unpaired) electrons. The second-order valence-corrected chi connectivity index (χ2v) is 3.11. The minimum atomic E-state index is -0.840. The van der Waals surface area contributed by atoms with Gasteiger partial charge in [0.05, 0.1) is 11.9 Å². The van der Waals surface area contributed by atoms with Gasteiger partial charge < -0.3 is 5.11 Å². The molecular formula is C9H9N3O2. The van der Waals surface area contributed by atoms with Crippen molar-refractivity contribution < 1.29 is 9.90 Å². The van der Waals surface area contributed by atoms with Crippen LogP contribution in [-0.2, 0) is 18.3 Å². The third-order valence-corrected chi connectivity index (χ3v) is 2.03. The SMILES string of the molecule is Cn1nnc2cc(CC(=O)O)ccc21. The average Bonchev–Trinajstić information content (AvgIpc) is 2.46. The Hall–Kier alpha value is -1.91. The van der Waals surface area contributed by atoms with E-state index < -0.39 is 5.97 Å². The smallest absolute Gasteiger partial charge is 0.307 e. The number of carboxylic acids is 1. The summed E-state index contributed by atoms with van der Waals surface area (Å²) < 4.78 is 1.65. The van der Waals surface area contributed by atoms with Crippen LogP contribution in [0.3, 0.4) is 0 Å². The number of benzene rings is 1. The van der Waals surface area contributed by atoms with Crippen molar-refractivity contribution in [2.24, 2.45) is 7.05 Å². The van der Waals surface area contributed by atoms with E-state index in [-0.39, 0.29) is 6.42 Å². The molecule has 0 fully saturated rings. The fourth-order valence-corrected chi connectivity index (χ4v) is 1.37. The summed E-state index contributed by atoms with van der Waals surface area (Å²) in [7, 11) is 1.80. The molecule has 0 aliphatic rings. The third kappa shape index (κ3) is 1.44. The monoisotopic (exact) mass is 191 g/mol. The molecule has 1 heterocycles. The number of carboxylic acid groups (broad SMARTS) is 1. The van der Waals surface area contributed by atoms with E-state index >= 15 is 0 Å². The van der Waals surface area contributed by atoms with E-state index in [1.165, 1.54) is 0 Å². The summed E-state index contributed by atoms with van der Waals surface area (Å²) in [6.45, 7) is 0. The summed E-state index contributed by atoms with van der Waals surface area (Å²) in [6.07, 6.45) is 0.0204. The first-order chi connectivity index (χ1) is 6.66. The highest BCUT2D eigenvalue weighted by molar-refractivity contribution is 5.77. The number of hydrogen-bond donors (Lipinski definition) is 1. The summed E-state index contributed by atoms with van der Waals surface area (Å²) >= 11 is 0. The highest BCUT2D eigenvalue weighted by Gasteiger charge is 2.04. The Morgan fingerprint density at radius 1 is 1.57 bits per heavy atom. The molecule has 0 unspecified atom stereocenters. The van der Waals surface area contributed by atoms with Crippen molar-refractivity contribution in [1.29, 1.82) is 0 Å². The lowest BCUT2D eigenvalue weighted by Crippen LogP contribution is -1.99. The molecule has 0 atom stereocenters. The Labute approximate surface area is 80.0 Å². The Morgan fingerprint density at radius 2 is 2.36 bits per heavy atom. The molecule has 1 aromatic heterocycles. The molecule has 72 valence electrons. The van der Waals surface area contributed by atoms with E-state index in [0.717, 1.165) is 16.6 Å². The maximum atomic E-state index is 10.5. The van der Waals surface area contributed by atoms with Crippen LogP contribution in [-0.4, -0.2) is 26.1 Å². The fourth-order valence-electron chi connectivity index (χ4n) is 1.37. The van der Waals surface area contributed by atoms with Gasteiger partial charge in [0, 0.05) is 7.05 Å². The van der Waals surface area contributed by atoms with Crippen molar-refractivity contribution in [2.45, 2.75) is 6.42 Å². The molecule has 0 spiro atoms. The molecular weight excluding hydrogens is 182 g/mol. The van der Waals surface area contributed by atoms with Gasteiger partial charge in [0.2, 0.25) is 0 Å². The minimum Gasteiger partial charge on any atom is -0.481 e. The van der Waals surface area contributed by atoms with E-state index in [1.807, 2.05) is 6.07 Å². The second kappa shape index (κ2) is 3.10. The van der Waals surface area contributed by atoms with Crippen molar-refractivity contribution in [1.82, 2.24) is 15.0 Å². The minimum absolute atomic E-state index is 0.0204. The van der Waals surface area contributed by atoms with Gasteiger partial charge in [0.1, 0.15) is 5.52 Å². The van der Waals surface area contributed by atoms with Crippen LogP contribution in [0.1, 0.15) is 5.56 Å². The summed E-state index contributed by atoms with van der Waals surface area (Å²) in [5.74, 6) is -0.840. The molecule has 0 aliphatic carbocycles. The molecule has 1 aromatic carbocycles. The molecule has 5 heteroatoms. The molecule has 5 nitrogen and oxygen atoms in total. The largest absolute Gasteiger partial charge is 0.481 e. The average molecular weight is 191 g/mol. The van der Waals surface area contributed by atoms with Crippen LogP contribution in [0.2, 0.25) is 0 Å². The number of aliphatic carboxylic acids is 1. The van der Waals surface area contributed by atoms with E-state index in [0.29, 0.717) is 0 Å². The highest BCUT2D eigenvalue weighted by atomic mass is 16.4. The summed E-state index contributed by atoms with van der Waals surface area (Å²) in [4.78, 5) is 10.5. The number of carbonyl (C=O) groups is 1. The number of rotatable bonds is 2. The number of nitrogens with zero attached hydrogens (tertiary/aromatic N) is 3. The van der Waals surface area contributed by atoms with E-state index in [9.17, 15) is 4.79 Å². The Bertz CT molecular complexity index is 490. The zero-order valence-electron chi connectivity index (χ0n) is 7.64. The van der Waals surface area contributed by atoms with Gasteiger partial charge in [0.25, 0.3) is 0 Å². The van der Waals surface area contributed by atoms with Gasteiger partial charge >= 0.3 is 5.97 Å². The van der Waals surface area contributed by atoms with Crippen molar-refractivity contribution in [3.05, 3.63) is 23.8 Å². The van der Waals surface area contributed by atoms with Crippen molar-refractivity contribution in [2.75, 3.05) is 0 Å². The predicted octanol–water partition coefficient (Wildman–Crippen LogP) is 0.595. The maximum Gasteiger partial charge on any atom is 0.307 e. The van der Waals surface area contributed by atoms with Crippen LogP contribution in [0.15, 0.2) is 18.2 Å². The molecule has 0 aliphatic heterocycles. The molecule has 2 aromatic rings. The third-order valence-electron chi connectivity index (χ3n) is 2.03. The van der Waals surface area contributed by atoms with E-state index in [1.54, 1.807) is 23.9 Å². The summed E-state index contributed by atoms with van der Waals surface area (Å²) in [6, 6.07) is 5.35. The Balaban J connectivity index is 2.46. The van der Waals surface area contributed by atoms with Gasteiger partial charge in [-0.25, -0.2) is 4.68 Å². The lowest BCUT2D eigenvalue weighted by atomic mass is 10.1. The normalized spacial score (nSPS) is 10.6. The molecule has 14 heavy (non-hydrogen) atoms. The molecule has 2 rings (SSSR count). The van der Waals surface area contributed by atoms with Gasteiger partial charge in [-0.05, 0) is 17.7 Å². The van der Waals surface area contributed by atoms with Gasteiger partial charge in [-0.15, -0.1) is 5.10 Å². The van der Waals surface area contributed by atoms with Crippen molar-refractivity contribution in [3.8, 4) is 0 Å². The van der Waals surface area contributed by atoms with Gasteiger partial charge in [-0.1, -0.05) is 11.3 Å². The molecule has 0 saturated carbocycles. The topological polar surface area (TPSA) is 68.0 Å². The quantitative estimate of drug-likeness (QED) is 0.754. The zero-order chi connectivity index (χ0) is 10.1. The highest BCUT2D eigenvalue weighted by Crippen LogP contribution is 2.12. The van der Waals surface area contributed by atoms with Crippen LogP contribution in [0.5, 0.6) is 0 Å². The van der Waals surface area contributed by atoms with Crippen molar-refractivity contribution >= 4 is 17.0 Å². The Morgan fingerprint density at radius 3 is 3.07 bits per heavy atom. The van der Waals surface area contributed by atoms with Crippen LogP contribution >= 0.6 is 0 Å². The first kappa shape index (κ1) is 8.68. The zero-order valence-corrected chi connectivity index (χ0v) is 7.64. The molecule has 1 N–H and O–H groups in total. The Kier molecular flexibility index (Phi) is 1.92. The summed E-state index contributed by atoms with van der Waals surface area (Å²) in [5.41, 5.74) is 2.37. The second-order valence-electron chi connectivity index (χ2n) is 3.11. The molecule has 0 bridgehead atoms. The maximum absolute atomic E-state index is 10.5. The predicted molar refractivity (Wildman–Crippen MR) is 49.8 cm³/mol. The van der Waals surface area contributed by atoms with Crippen LogP contribution in [0.25, 0.3) is 11.0 Å². The van der Waals surface area contributed by atoms with Gasteiger partial charge in [0.15, 0.2) is 0 Å². The summed E-state index contributed by atoms with van der Waals surface area (Å²) in [5, 5.41) is 16.3. The lowest BCUT2D eigenvalue weighted by Gasteiger charge is -1.96. The number of aromatic nitrogens is 3. The first-order valence-electron chi connectivity index (χ1n) is 4.17. The van der Waals surface area contributed by atoms with Crippen molar-refractivity contribution in [3.63, 3.8) is 0 Å². The first-order valence-corrected chi connectivity index (χ1v) is 4.17. The number of aryl methyl sites for hydroxylation is 1. The lowest BCUT2D eigenvalue weighted by molar-refractivity contribution is -0.136. The standard InChI is InChI=1S/C9H9N3O2/c1-12-8-3-2-6(5-9(13)14)4-7(8)10-11-12/h2-4H,5H2,1H3,(H,13,14). The van der Waals surface area contributed by atoms with Crippen LogP contribution < -0.4 is 0 Å². The van der Waals surface area contributed by atoms with E-state index in [4.69, 9.17) is 5.11 Å². The van der Waals surface area contributed by atoms with Crippen LogP contribution in [0.4, 0.5) is 0 Å².